The van der Waals surface area contributed by atoms with Crippen LogP contribution in [0.15, 0.2) is 30.5 Å². The van der Waals surface area contributed by atoms with Crippen molar-refractivity contribution in [2.24, 2.45) is 0 Å². The lowest BCUT2D eigenvalue weighted by atomic mass is 10.1. The highest BCUT2D eigenvalue weighted by atomic mass is 35.5. The van der Waals surface area contributed by atoms with Gasteiger partial charge in [-0.25, -0.2) is 0 Å². The molecule has 4 nitrogen and oxygen atoms in total. The highest BCUT2D eigenvalue weighted by Crippen LogP contribution is 2.28. The summed E-state index contributed by atoms with van der Waals surface area (Å²) >= 11 is 6.21. The first-order valence-corrected chi connectivity index (χ1v) is 7.51. The normalized spacial score (nSPS) is 19.2. The Hall–Kier alpha value is -1.65. The van der Waals surface area contributed by atoms with Gasteiger partial charge in [0.2, 0.25) is 0 Å². The maximum absolute atomic E-state index is 11.0. The van der Waals surface area contributed by atoms with Crippen LogP contribution in [0.3, 0.4) is 0 Å². The molecule has 1 aromatic heterocycles. The second-order valence-corrected chi connectivity index (χ2v) is 5.88. The number of aliphatic carboxylic acids is 1. The lowest BCUT2D eigenvalue weighted by molar-refractivity contribution is -0.138. The van der Waals surface area contributed by atoms with Gasteiger partial charge in [0.25, 0.3) is 0 Å². The van der Waals surface area contributed by atoms with Gasteiger partial charge in [0.05, 0.1) is 11.9 Å². The molecule has 0 saturated carbocycles. The van der Waals surface area contributed by atoms with E-state index in [-0.39, 0.29) is 12.5 Å². The molecular weight excluding hydrogens is 288 g/mol. The predicted molar refractivity (Wildman–Crippen MR) is 82.4 cm³/mol. The van der Waals surface area contributed by atoms with E-state index in [1.165, 1.54) is 0 Å². The average molecular weight is 305 g/mol. The first kappa shape index (κ1) is 14.3. The van der Waals surface area contributed by atoms with Crippen molar-refractivity contribution in [3.8, 4) is 0 Å². The third kappa shape index (κ3) is 3.01. The van der Waals surface area contributed by atoms with Crippen LogP contribution < -0.4 is 0 Å². The number of carboxylic acid groups (broad SMARTS) is 1. The molecule has 5 heteroatoms. The largest absolute Gasteiger partial charge is 0.481 e. The summed E-state index contributed by atoms with van der Waals surface area (Å²) in [4.78, 5) is 17.6. The fourth-order valence-corrected chi connectivity index (χ4v) is 3.29. The summed E-state index contributed by atoms with van der Waals surface area (Å²) in [6.07, 6.45) is 3.97. The number of hydrogen-bond acceptors (Lipinski definition) is 3. The van der Waals surface area contributed by atoms with Gasteiger partial charge in [-0.2, -0.15) is 0 Å². The molecule has 3 rings (SSSR count). The molecule has 1 aliphatic rings. The number of benzene rings is 1. The third-order valence-corrected chi connectivity index (χ3v) is 4.41. The molecule has 2 heterocycles. The number of fused-ring (bicyclic) bond motifs is 1. The van der Waals surface area contributed by atoms with E-state index in [1.807, 2.05) is 24.3 Å². The smallest absolute Gasteiger partial charge is 0.304 e. The van der Waals surface area contributed by atoms with Crippen molar-refractivity contribution in [3.63, 3.8) is 0 Å². The van der Waals surface area contributed by atoms with Crippen LogP contribution >= 0.6 is 11.6 Å². The van der Waals surface area contributed by atoms with Gasteiger partial charge >= 0.3 is 5.97 Å². The molecule has 1 unspecified atom stereocenters. The summed E-state index contributed by atoms with van der Waals surface area (Å²) in [5.74, 6) is -0.731. The van der Waals surface area contributed by atoms with Gasteiger partial charge < -0.3 is 5.11 Å². The highest BCUT2D eigenvalue weighted by Gasteiger charge is 2.27. The van der Waals surface area contributed by atoms with Gasteiger partial charge in [0.15, 0.2) is 0 Å². The summed E-state index contributed by atoms with van der Waals surface area (Å²) in [6.45, 7) is 1.66. The average Bonchev–Trinajstić information content (AvgIpc) is 2.89. The zero-order chi connectivity index (χ0) is 14.8. The molecule has 0 radical (unpaired) electrons. The molecule has 21 heavy (non-hydrogen) atoms. The van der Waals surface area contributed by atoms with Crippen molar-refractivity contribution in [1.82, 2.24) is 9.88 Å². The van der Waals surface area contributed by atoms with Gasteiger partial charge in [0, 0.05) is 29.2 Å². The van der Waals surface area contributed by atoms with Crippen molar-refractivity contribution >= 4 is 28.5 Å². The van der Waals surface area contributed by atoms with E-state index >= 15 is 0 Å². The first-order chi connectivity index (χ1) is 10.1. The highest BCUT2D eigenvalue weighted by molar-refractivity contribution is 6.35. The molecule has 1 saturated heterocycles. The van der Waals surface area contributed by atoms with Crippen LogP contribution in [0.2, 0.25) is 5.02 Å². The Kier molecular flexibility index (Phi) is 4.08. The molecule has 1 N–H and O–H groups in total. The molecule has 1 aromatic carbocycles. The summed E-state index contributed by atoms with van der Waals surface area (Å²) in [7, 11) is 0. The summed E-state index contributed by atoms with van der Waals surface area (Å²) in [5.41, 5.74) is 2.01. The lowest BCUT2D eigenvalue weighted by Crippen LogP contribution is -2.31. The summed E-state index contributed by atoms with van der Waals surface area (Å²) in [5, 5.41) is 10.7. The number of carboxylic acids is 1. The maximum Gasteiger partial charge on any atom is 0.304 e. The number of rotatable bonds is 4. The summed E-state index contributed by atoms with van der Waals surface area (Å²) in [6, 6.07) is 7.85. The Labute approximate surface area is 128 Å². The van der Waals surface area contributed by atoms with E-state index in [4.69, 9.17) is 16.7 Å². The number of halogens is 1. The maximum atomic E-state index is 11.0. The standard InChI is InChI=1S/C16H17ClN2O2/c17-14-6-5-11(16-13(14)4-1-7-18-16)10-19-8-2-3-12(19)9-15(20)21/h1,4-7,12H,2-3,8-10H2,(H,20,21). The van der Waals surface area contributed by atoms with Crippen LogP contribution in [0.1, 0.15) is 24.8 Å². The molecule has 110 valence electrons. The zero-order valence-corrected chi connectivity index (χ0v) is 12.4. The van der Waals surface area contributed by atoms with Crippen molar-refractivity contribution in [2.45, 2.75) is 31.8 Å². The fraction of sp³-hybridized carbons (Fsp3) is 0.375. The van der Waals surface area contributed by atoms with E-state index < -0.39 is 5.97 Å². The molecular formula is C16H17ClN2O2. The van der Waals surface area contributed by atoms with Gasteiger partial charge in [-0.1, -0.05) is 17.7 Å². The topological polar surface area (TPSA) is 53.4 Å². The number of pyridine rings is 1. The van der Waals surface area contributed by atoms with Gasteiger partial charge in [0.1, 0.15) is 0 Å². The Morgan fingerprint density at radius 1 is 1.43 bits per heavy atom. The van der Waals surface area contributed by atoms with Gasteiger partial charge in [-0.15, -0.1) is 0 Å². The molecule has 1 atom stereocenters. The van der Waals surface area contributed by atoms with Crippen LogP contribution in [-0.2, 0) is 11.3 Å². The van der Waals surface area contributed by atoms with Crippen molar-refractivity contribution in [2.75, 3.05) is 6.54 Å². The lowest BCUT2D eigenvalue weighted by Gasteiger charge is -2.23. The Morgan fingerprint density at radius 2 is 2.29 bits per heavy atom. The van der Waals surface area contributed by atoms with Crippen molar-refractivity contribution in [3.05, 3.63) is 41.0 Å². The number of nitrogens with zero attached hydrogens (tertiary/aromatic N) is 2. The second-order valence-electron chi connectivity index (χ2n) is 5.47. The molecule has 0 bridgehead atoms. The Balaban J connectivity index is 1.88. The molecule has 0 spiro atoms. The quantitative estimate of drug-likeness (QED) is 0.941. The molecule has 0 amide bonds. The molecule has 2 aromatic rings. The van der Waals surface area contributed by atoms with Crippen LogP contribution in [0.5, 0.6) is 0 Å². The number of carbonyl (C=O) groups is 1. The van der Waals surface area contributed by atoms with Gasteiger partial charge in [-0.05, 0) is 43.1 Å². The minimum absolute atomic E-state index is 0.122. The summed E-state index contributed by atoms with van der Waals surface area (Å²) < 4.78 is 0. The van der Waals surface area contributed by atoms with E-state index in [1.54, 1.807) is 6.20 Å². The van der Waals surface area contributed by atoms with Gasteiger partial charge in [-0.3, -0.25) is 14.7 Å². The van der Waals surface area contributed by atoms with Crippen molar-refractivity contribution < 1.29 is 9.90 Å². The number of aromatic nitrogens is 1. The Bertz CT molecular complexity index is 674. The van der Waals surface area contributed by atoms with E-state index in [9.17, 15) is 4.79 Å². The van der Waals surface area contributed by atoms with Crippen LogP contribution in [-0.4, -0.2) is 33.5 Å². The fourth-order valence-electron chi connectivity index (χ4n) is 3.08. The van der Waals surface area contributed by atoms with Crippen molar-refractivity contribution in [1.29, 1.82) is 0 Å². The molecule has 0 aliphatic carbocycles. The minimum Gasteiger partial charge on any atom is -0.481 e. The van der Waals surface area contributed by atoms with E-state index in [0.29, 0.717) is 5.02 Å². The molecule has 1 fully saturated rings. The SMILES string of the molecule is O=C(O)CC1CCCN1Cc1ccc(Cl)c2cccnc12. The zero-order valence-electron chi connectivity index (χ0n) is 11.6. The second kappa shape index (κ2) is 6.00. The van der Waals surface area contributed by atoms with E-state index in [0.717, 1.165) is 42.4 Å². The third-order valence-electron chi connectivity index (χ3n) is 4.08. The van der Waals surface area contributed by atoms with Crippen LogP contribution in [0.25, 0.3) is 10.9 Å². The number of hydrogen-bond donors (Lipinski definition) is 1. The molecule has 1 aliphatic heterocycles. The van der Waals surface area contributed by atoms with Crippen LogP contribution in [0, 0.1) is 0 Å². The number of likely N-dealkylation sites (tertiary alicyclic amines) is 1. The predicted octanol–water partition coefficient (Wildman–Crippen LogP) is 3.33. The minimum atomic E-state index is -0.731. The Morgan fingerprint density at radius 3 is 3.10 bits per heavy atom. The van der Waals surface area contributed by atoms with Crippen LogP contribution in [0.4, 0.5) is 0 Å². The monoisotopic (exact) mass is 304 g/mol. The van der Waals surface area contributed by atoms with E-state index in [2.05, 4.69) is 9.88 Å². The first-order valence-electron chi connectivity index (χ1n) is 7.13.